The van der Waals surface area contributed by atoms with Gasteiger partial charge in [-0.25, -0.2) is 5.01 Å². The molecule has 1 aromatic carbocycles. The van der Waals surface area contributed by atoms with Gasteiger partial charge in [-0.1, -0.05) is 23.2 Å². The van der Waals surface area contributed by atoms with Crippen LogP contribution in [0.3, 0.4) is 0 Å². The van der Waals surface area contributed by atoms with E-state index in [1.165, 1.54) is 0 Å². The third kappa shape index (κ3) is 4.73. The summed E-state index contributed by atoms with van der Waals surface area (Å²) in [7, 11) is 0. The molecule has 2 aromatic rings. The molecule has 5 nitrogen and oxygen atoms in total. The fourth-order valence-corrected chi connectivity index (χ4v) is 2.95. The first-order valence-electron chi connectivity index (χ1n) is 7.81. The Labute approximate surface area is 161 Å². The van der Waals surface area contributed by atoms with Crippen molar-refractivity contribution in [3.63, 3.8) is 0 Å². The van der Waals surface area contributed by atoms with E-state index in [2.05, 4.69) is 5.10 Å². The summed E-state index contributed by atoms with van der Waals surface area (Å²) in [5, 5.41) is 7.04. The van der Waals surface area contributed by atoms with E-state index in [4.69, 9.17) is 50.3 Å². The summed E-state index contributed by atoms with van der Waals surface area (Å²) >= 11 is 17.0. The SMILES string of the molecule is NC(=S)N(CC1CCCO1)N=Cc1ccc(-c2ccc(Cl)c(Cl)c2)o1. The fraction of sp³-hybridized carbons (Fsp3) is 0.294. The van der Waals surface area contributed by atoms with Crippen LogP contribution in [0.4, 0.5) is 0 Å². The Bertz CT molecular complexity index is 788. The third-order valence-electron chi connectivity index (χ3n) is 3.81. The number of halogens is 2. The van der Waals surface area contributed by atoms with Crippen molar-refractivity contribution < 1.29 is 9.15 Å². The van der Waals surface area contributed by atoms with Crippen molar-refractivity contribution >= 4 is 46.7 Å². The van der Waals surface area contributed by atoms with Gasteiger partial charge in [0.2, 0.25) is 0 Å². The van der Waals surface area contributed by atoms with Crippen LogP contribution in [-0.4, -0.2) is 35.6 Å². The van der Waals surface area contributed by atoms with Gasteiger partial charge in [0.25, 0.3) is 0 Å². The molecule has 0 amide bonds. The van der Waals surface area contributed by atoms with Gasteiger partial charge in [-0.15, -0.1) is 0 Å². The molecule has 0 spiro atoms. The Kier molecular flexibility index (Phi) is 5.96. The van der Waals surface area contributed by atoms with Crippen LogP contribution in [-0.2, 0) is 4.74 Å². The summed E-state index contributed by atoms with van der Waals surface area (Å²) in [5.74, 6) is 1.25. The molecule has 1 saturated heterocycles. The third-order valence-corrected chi connectivity index (χ3v) is 4.76. The van der Waals surface area contributed by atoms with Gasteiger partial charge in [0, 0.05) is 12.2 Å². The van der Waals surface area contributed by atoms with Crippen molar-refractivity contribution in [1.29, 1.82) is 0 Å². The number of furan rings is 1. The zero-order valence-electron chi connectivity index (χ0n) is 13.3. The van der Waals surface area contributed by atoms with E-state index in [0.717, 1.165) is 25.0 Å². The molecule has 0 aliphatic carbocycles. The highest BCUT2D eigenvalue weighted by atomic mass is 35.5. The van der Waals surface area contributed by atoms with E-state index in [9.17, 15) is 0 Å². The first-order valence-corrected chi connectivity index (χ1v) is 8.97. The maximum atomic E-state index is 6.04. The van der Waals surface area contributed by atoms with Crippen LogP contribution in [0.5, 0.6) is 0 Å². The normalized spacial score (nSPS) is 17.3. The van der Waals surface area contributed by atoms with Gasteiger partial charge in [0.15, 0.2) is 5.11 Å². The lowest BCUT2D eigenvalue weighted by Crippen LogP contribution is -2.36. The lowest BCUT2D eigenvalue weighted by molar-refractivity contribution is 0.0923. The Morgan fingerprint density at radius 2 is 2.16 bits per heavy atom. The van der Waals surface area contributed by atoms with Gasteiger partial charge in [-0.3, -0.25) is 0 Å². The average Bonchev–Trinajstić information content (AvgIpc) is 3.25. The van der Waals surface area contributed by atoms with Crippen molar-refractivity contribution in [2.45, 2.75) is 18.9 Å². The molecule has 1 aromatic heterocycles. The highest BCUT2D eigenvalue weighted by molar-refractivity contribution is 7.80. The van der Waals surface area contributed by atoms with Gasteiger partial charge in [-0.2, -0.15) is 5.10 Å². The molecule has 25 heavy (non-hydrogen) atoms. The molecule has 1 aliphatic heterocycles. The molecule has 1 aliphatic rings. The second-order valence-electron chi connectivity index (χ2n) is 5.63. The van der Waals surface area contributed by atoms with Gasteiger partial charge < -0.3 is 14.9 Å². The highest BCUT2D eigenvalue weighted by Gasteiger charge is 2.19. The molecular formula is C17H17Cl2N3O2S. The number of thiocarbonyl (C=S) groups is 1. The second kappa shape index (κ2) is 8.19. The second-order valence-corrected chi connectivity index (χ2v) is 6.86. The van der Waals surface area contributed by atoms with Crippen LogP contribution >= 0.6 is 35.4 Å². The van der Waals surface area contributed by atoms with E-state index in [0.29, 0.717) is 28.1 Å². The molecule has 2 N–H and O–H groups in total. The largest absolute Gasteiger partial charge is 0.455 e. The van der Waals surface area contributed by atoms with Crippen LogP contribution < -0.4 is 5.73 Å². The molecule has 132 valence electrons. The summed E-state index contributed by atoms with van der Waals surface area (Å²) in [6.45, 7) is 1.30. The minimum absolute atomic E-state index is 0.0991. The maximum absolute atomic E-state index is 6.04. The summed E-state index contributed by atoms with van der Waals surface area (Å²) in [6, 6.07) is 8.97. The number of benzene rings is 1. The Hall–Kier alpha value is -1.60. The molecule has 3 rings (SSSR count). The first kappa shape index (κ1) is 18.2. The Morgan fingerprint density at radius 1 is 1.32 bits per heavy atom. The summed E-state index contributed by atoms with van der Waals surface area (Å²) in [6.07, 6.45) is 3.71. The average molecular weight is 398 g/mol. The molecule has 0 radical (unpaired) electrons. The summed E-state index contributed by atoms with van der Waals surface area (Å²) in [5.41, 5.74) is 6.57. The Morgan fingerprint density at radius 3 is 2.84 bits per heavy atom. The zero-order valence-corrected chi connectivity index (χ0v) is 15.7. The van der Waals surface area contributed by atoms with Crippen LogP contribution in [0.25, 0.3) is 11.3 Å². The van der Waals surface area contributed by atoms with Crippen molar-refractivity contribution in [2.75, 3.05) is 13.2 Å². The molecule has 0 bridgehead atoms. The number of nitrogens with zero attached hydrogens (tertiary/aromatic N) is 2. The van der Waals surface area contributed by atoms with E-state index in [1.807, 2.05) is 18.2 Å². The quantitative estimate of drug-likeness (QED) is 0.462. The summed E-state index contributed by atoms with van der Waals surface area (Å²) < 4.78 is 11.4. The molecule has 1 atom stereocenters. The number of rotatable bonds is 5. The number of nitrogens with two attached hydrogens (primary N) is 1. The molecule has 2 heterocycles. The van der Waals surface area contributed by atoms with E-state index in [1.54, 1.807) is 23.4 Å². The number of hydrogen-bond acceptors (Lipinski definition) is 4. The molecule has 0 saturated carbocycles. The van der Waals surface area contributed by atoms with Crippen LogP contribution in [0.15, 0.2) is 39.9 Å². The zero-order chi connectivity index (χ0) is 17.8. The predicted molar refractivity (Wildman–Crippen MR) is 104 cm³/mol. The first-order chi connectivity index (χ1) is 12.0. The van der Waals surface area contributed by atoms with E-state index in [-0.39, 0.29) is 11.2 Å². The number of ether oxygens (including phenoxy) is 1. The van der Waals surface area contributed by atoms with E-state index >= 15 is 0 Å². The molecular weight excluding hydrogens is 381 g/mol. The number of hydrogen-bond donors (Lipinski definition) is 1. The summed E-state index contributed by atoms with van der Waals surface area (Å²) in [4.78, 5) is 0. The Balaban J connectivity index is 1.71. The van der Waals surface area contributed by atoms with E-state index < -0.39 is 0 Å². The lowest BCUT2D eigenvalue weighted by Gasteiger charge is -2.20. The van der Waals surface area contributed by atoms with Crippen molar-refractivity contribution in [2.24, 2.45) is 10.8 Å². The lowest BCUT2D eigenvalue weighted by atomic mass is 10.2. The number of hydrazone groups is 1. The molecule has 8 heteroatoms. The standard InChI is InChI=1S/C17H17Cl2N3O2S/c18-14-5-3-11(8-15(14)19)16-6-4-12(24-16)9-21-22(17(20)25)10-13-2-1-7-23-13/h3-6,8-9,13H,1-2,7,10H2,(H2,20,25). The minimum Gasteiger partial charge on any atom is -0.455 e. The van der Waals surface area contributed by atoms with Gasteiger partial charge in [0.1, 0.15) is 11.5 Å². The van der Waals surface area contributed by atoms with Crippen LogP contribution in [0, 0.1) is 0 Å². The van der Waals surface area contributed by atoms with Crippen LogP contribution in [0.2, 0.25) is 10.0 Å². The van der Waals surface area contributed by atoms with Gasteiger partial charge >= 0.3 is 0 Å². The van der Waals surface area contributed by atoms with Crippen molar-refractivity contribution in [3.05, 3.63) is 46.1 Å². The van der Waals surface area contributed by atoms with Gasteiger partial charge in [-0.05, 0) is 55.4 Å². The fourth-order valence-electron chi connectivity index (χ4n) is 2.53. The maximum Gasteiger partial charge on any atom is 0.187 e. The predicted octanol–water partition coefficient (Wildman–Crippen LogP) is 4.31. The monoisotopic (exact) mass is 397 g/mol. The molecule has 1 fully saturated rings. The smallest absolute Gasteiger partial charge is 0.187 e. The van der Waals surface area contributed by atoms with Crippen molar-refractivity contribution in [3.8, 4) is 11.3 Å². The molecule has 1 unspecified atom stereocenters. The van der Waals surface area contributed by atoms with Gasteiger partial charge in [0.05, 0.1) is 28.9 Å². The minimum atomic E-state index is 0.0991. The van der Waals surface area contributed by atoms with Crippen molar-refractivity contribution in [1.82, 2.24) is 5.01 Å². The van der Waals surface area contributed by atoms with Crippen LogP contribution in [0.1, 0.15) is 18.6 Å². The topological polar surface area (TPSA) is 64.0 Å². The highest BCUT2D eigenvalue weighted by Crippen LogP contribution is 2.29.